The maximum Gasteiger partial charge on any atom is 0.256 e. The van der Waals surface area contributed by atoms with Gasteiger partial charge in [0.25, 0.3) is 5.91 Å². The molecule has 0 aliphatic carbocycles. The number of carbonyl (C=O) groups excluding carboxylic acids is 1. The fraction of sp³-hybridized carbons (Fsp3) is 0.333. The number of nitrogens with zero attached hydrogens (tertiary/aromatic N) is 3. The Kier molecular flexibility index (Phi) is 5.35. The van der Waals surface area contributed by atoms with E-state index < -0.39 is 0 Å². The lowest BCUT2D eigenvalue weighted by molar-refractivity contribution is 0.102. The number of pyridine rings is 1. The highest BCUT2D eigenvalue weighted by Gasteiger charge is 2.19. The summed E-state index contributed by atoms with van der Waals surface area (Å²) < 4.78 is 5.32. The van der Waals surface area contributed by atoms with Crippen molar-refractivity contribution in [1.29, 1.82) is 0 Å². The van der Waals surface area contributed by atoms with Crippen LogP contribution in [0, 0.1) is 27.7 Å². The van der Waals surface area contributed by atoms with Crippen LogP contribution in [0.25, 0.3) is 11.4 Å². The Hall–Kier alpha value is -3.02. The van der Waals surface area contributed by atoms with E-state index >= 15 is 0 Å². The second kappa shape index (κ2) is 7.70. The molecule has 0 spiro atoms. The molecule has 1 N–H and O–H groups in total. The van der Waals surface area contributed by atoms with E-state index in [-0.39, 0.29) is 5.91 Å². The molecule has 0 atom stereocenters. The lowest BCUT2D eigenvalue weighted by Gasteiger charge is -2.12. The number of rotatable bonds is 5. The lowest BCUT2D eigenvalue weighted by atomic mass is 10.1. The van der Waals surface area contributed by atoms with Gasteiger partial charge in [-0.05, 0) is 57.9 Å². The van der Waals surface area contributed by atoms with Gasteiger partial charge in [-0.3, -0.25) is 4.79 Å². The molecule has 3 rings (SSSR count). The molecule has 0 aliphatic rings. The third-order valence-electron chi connectivity index (χ3n) is 4.22. The Balaban J connectivity index is 2.00. The average molecular weight is 364 g/mol. The molecule has 2 aromatic heterocycles. The van der Waals surface area contributed by atoms with Gasteiger partial charge in [0.1, 0.15) is 5.82 Å². The summed E-state index contributed by atoms with van der Waals surface area (Å²) in [5, 5.41) is 7.02. The van der Waals surface area contributed by atoms with Crippen LogP contribution in [0.5, 0.6) is 0 Å². The first-order valence-electron chi connectivity index (χ1n) is 9.08. The number of benzene rings is 1. The second-order valence-electron chi connectivity index (χ2n) is 6.90. The maximum absolute atomic E-state index is 12.8. The van der Waals surface area contributed by atoms with E-state index in [0.717, 1.165) is 35.2 Å². The molecule has 0 saturated carbocycles. The Morgan fingerprint density at radius 2 is 1.74 bits per heavy atom. The molecule has 0 unspecified atom stereocenters. The number of anilines is 1. The van der Waals surface area contributed by atoms with E-state index in [1.54, 1.807) is 0 Å². The molecule has 0 fully saturated rings. The van der Waals surface area contributed by atoms with Gasteiger partial charge in [0.2, 0.25) is 11.7 Å². The molecule has 0 saturated heterocycles. The van der Waals surface area contributed by atoms with Crippen LogP contribution in [0.3, 0.4) is 0 Å². The molecule has 27 heavy (non-hydrogen) atoms. The van der Waals surface area contributed by atoms with Crippen LogP contribution in [0.15, 0.2) is 28.8 Å². The normalized spacial score (nSPS) is 10.9. The predicted octanol–water partition coefficient (Wildman–Crippen LogP) is 4.57. The smallest absolute Gasteiger partial charge is 0.256 e. The molecule has 0 radical (unpaired) electrons. The van der Waals surface area contributed by atoms with E-state index in [1.165, 1.54) is 0 Å². The zero-order chi connectivity index (χ0) is 19.6. The summed E-state index contributed by atoms with van der Waals surface area (Å²) in [5.74, 6) is 1.26. The van der Waals surface area contributed by atoms with E-state index in [2.05, 4.69) is 27.4 Å². The fourth-order valence-electron chi connectivity index (χ4n) is 3.17. The van der Waals surface area contributed by atoms with Crippen LogP contribution in [-0.2, 0) is 6.42 Å². The Bertz CT molecular complexity index is 972. The molecular formula is C21H24N4O2. The summed E-state index contributed by atoms with van der Waals surface area (Å²) in [4.78, 5) is 21.8. The number of aromatic nitrogens is 3. The minimum atomic E-state index is -0.210. The molecule has 1 aromatic carbocycles. The summed E-state index contributed by atoms with van der Waals surface area (Å²) in [5.41, 5.74) is 5.10. The number of nitrogens with one attached hydrogen (secondary N) is 1. The quantitative estimate of drug-likeness (QED) is 0.717. The van der Waals surface area contributed by atoms with Crippen molar-refractivity contribution in [1.82, 2.24) is 15.1 Å². The minimum absolute atomic E-state index is 0.210. The van der Waals surface area contributed by atoms with Crippen molar-refractivity contribution in [2.45, 2.75) is 47.5 Å². The first-order valence-corrected chi connectivity index (χ1v) is 9.08. The van der Waals surface area contributed by atoms with E-state index in [9.17, 15) is 4.79 Å². The van der Waals surface area contributed by atoms with Crippen LogP contribution >= 0.6 is 0 Å². The molecular weight excluding hydrogens is 340 g/mol. The molecule has 0 aliphatic heterocycles. The van der Waals surface area contributed by atoms with Gasteiger partial charge >= 0.3 is 0 Å². The van der Waals surface area contributed by atoms with Crippen molar-refractivity contribution in [2.24, 2.45) is 0 Å². The van der Waals surface area contributed by atoms with Crippen LogP contribution in [0.1, 0.15) is 52.0 Å². The van der Waals surface area contributed by atoms with Crippen LogP contribution < -0.4 is 5.32 Å². The molecule has 140 valence electrons. The van der Waals surface area contributed by atoms with E-state index in [0.29, 0.717) is 28.7 Å². The number of amides is 1. The monoisotopic (exact) mass is 364 g/mol. The number of hydrogen-bond donors (Lipinski definition) is 1. The molecule has 2 heterocycles. The summed E-state index contributed by atoms with van der Waals surface area (Å²) >= 11 is 0. The first kappa shape index (κ1) is 18.8. The summed E-state index contributed by atoms with van der Waals surface area (Å²) in [6.45, 7) is 9.84. The van der Waals surface area contributed by atoms with Crippen molar-refractivity contribution in [3.8, 4) is 11.4 Å². The topological polar surface area (TPSA) is 80.9 Å². The van der Waals surface area contributed by atoms with Gasteiger partial charge in [0, 0.05) is 17.7 Å². The largest absolute Gasteiger partial charge is 0.339 e. The van der Waals surface area contributed by atoms with Gasteiger partial charge in [-0.15, -0.1) is 0 Å². The minimum Gasteiger partial charge on any atom is -0.339 e. The predicted molar refractivity (Wildman–Crippen MR) is 105 cm³/mol. The number of hydrogen-bond acceptors (Lipinski definition) is 5. The highest BCUT2D eigenvalue weighted by atomic mass is 16.5. The molecule has 3 aromatic rings. The van der Waals surface area contributed by atoms with Crippen LogP contribution in [0.4, 0.5) is 5.82 Å². The average Bonchev–Trinajstić information content (AvgIpc) is 3.01. The van der Waals surface area contributed by atoms with E-state index in [1.807, 2.05) is 52.0 Å². The zero-order valence-corrected chi connectivity index (χ0v) is 16.4. The van der Waals surface area contributed by atoms with Crippen LogP contribution in [-0.4, -0.2) is 21.0 Å². The Morgan fingerprint density at radius 3 is 2.41 bits per heavy atom. The van der Waals surface area contributed by atoms with Gasteiger partial charge in [0.05, 0.1) is 5.56 Å². The molecule has 6 heteroatoms. The molecule has 1 amide bonds. The summed E-state index contributed by atoms with van der Waals surface area (Å²) in [7, 11) is 0. The van der Waals surface area contributed by atoms with E-state index in [4.69, 9.17) is 4.52 Å². The van der Waals surface area contributed by atoms with Crippen molar-refractivity contribution >= 4 is 11.7 Å². The highest BCUT2D eigenvalue weighted by molar-refractivity contribution is 6.05. The van der Waals surface area contributed by atoms with Gasteiger partial charge in [0.15, 0.2) is 0 Å². The third kappa shape index (κ3) is 4.22. The first-order chi connectivity index (χ1) is 12.9. The second-order valence-corrected chi connectivity index (χ2v) is 6.90. The number of aryl methyl sites for hydroxylation is 5. The zero-order valence-electron chi connectivity index (χ0n) is 16.4. The number of carbonyl (C=O) groups is 1. The van der Waals surface area contributed by atoms with Gasteiger partial charge in [-0.1, -0.05) is 29.3 Å². The van der Waals surface area contributed by atoms with Crippen molar-refractivity contribution in [3.05, 3.63) is 58.1 Å². The summed E-state index contributed by atoms with van der Waals surface area (Å²) in [6.07, 6.45) is 1.64. The SMILES string of the molecule is CCCc1nc(-c2c(C)cc(C)nc2NC(=O)c2cc(C)cc(C)c2)no1. The van der Waals surface area contributed by atoms with Crippen molar-refractivity contribution in [3.63, 3.8) is 0 Å². The molecule has 6 nitrogen and oxygen atoms in total. The van der Waals surface area contributed by atoms with Crippen molar-refractivity contribution in [2.75, 3.05) is 5.32 Å². The summed E-state index contributed by atoms with van der Waals surface area (Å²) in [6, 6.07) is 7.69. The lowest BCUT2D eigenvalue weighted by Crippen LogP contribution is -2.15. The fourth-order valence-corrected chi connectivity index (χ4v) is 3.17. The maximum atomic E-state index is 12.8. The van der Waals surface area contributed by atoms with Gasteiger partial charge < -0.3 is 9.84 Å². The van der Waals surface area contributed by atoms with Crippen LogP contribution in [0.2, 0.25) is 0 Å². The molecule has 0 bridgehead atoms. The van der Waals surface area contributed by atoms with Crippen molar-refractivity contribution < 1.29 is 9.32 Å². The highest BCUT2D eigenvalue weighted by Crippen LogP contribution is 2.29. The Labute approximate surface area is 159 Å². The Morgan fingerprint density at radius 1 is 1.04 bits per heavy atom. The third-order valence-corrected chi connectivity index (χ3v) is 4.22. The van der Waals surface area contributed by atoms with Gasteiger partial charge in [-0.25, -0.2) is 4.98 Å². The van der Waals surface area contributed by atoms with Gasteiger partial charge in [-0.2, -0.15) is 4.98 Å². The standard InChI is InChI=1S/C21H24N4O2/c1-6-7-17-23-20(25-27-17)18-14(4)11-15(5)22-19(18)24-21(26)16-9-12(2)8-13(3)10-16/h8-11H,6-7H2,1-5H3,(H,22,24,26).